The Morgan fingerprint density at radius 2 is 1.45 bits per heavy atom. The maximum absolute atomic E-state index is 8.34. The van der Waals surface area contributed by atoms with Gasteiger partial charge in [-0.05, 0) is 0 Å². The van der Waals surface area contributed by atoms with Crippen LogP contribution in [0.15, 0.2) is 84.4 Å². The summed E-state index contributed by atoms with van der Waals surface area (Å²) in [6, 6.07) is 29.1. The number of benzene rings is 4. The van der Waals surface area contributed by atoms with Crippen molar-refractivity contribution in [2.45, 2.75) is 50.3 Å². The Morgan fingerprint density at radius 3 is 2.21 bits per heavy atom. The molecule has 6 rings (SSSR count). The molecule has 4 aromatic carbocycles. The first-order valence-electron chi connectivity index (χ1n) is 13.8. The molecule has 0 nitrogen and oxygen atoms in total. The molecule has 0 amide bonds. The first-order valence-corrected chi connectivity index (χ1v) is 30.0. The van der Waals surface area contributed by atoms with Gasteiger partial charge in [0, 0.05) is 0 Å². The summed E-state index contributed by atoms with van der Waals surface area (Å²) >= 11 is -4.67. The minimum absolute atomic E-state index is 0.117. The van der Waals surface area contributed by atoms with Gasteiger partial charge < -0.3 is 0 Å². The summed E-state index contributed by atoms with van der Waals surface area (Å²) in [5.74, 6) is -1.55. The third kappa shape index (κ3) is 3.71. The molecule has 0 saturated carbocycles. The van der Waals surface area contributed by atoms with E-state index in [1.54, 1.807) is 0 Å². The number of halogens is 2. The molecule has 4 aromatic rings. The van der Waals surface area contributed by atoms with Gasteiger partial charge in [-0.15, -0.1) is 0 Å². The molecular formula is C34H35Cl2SiZr. The second kappa shape index (κ2) is 9.45. The van der Waals surface area contributed by atoms with Gasteiger partial charge in [0.05, 0.1) is 0 Å². The second-order valence-electron chi connectivity index (χ2n) is 11.5. The van der Waals surface area contributed by atoms with Gasteiger partial charge in [-0.1, -0.05) is 0 Å². The molecule has 1 atom stereocenters. The molecule has 2 aliphatic rings. The van der Waals surface area contributed by atoms with E-state index in [1.807, 2.05) is 0 Å². The van der Waals surface area contributed by atoms with E-state index >= 15 is 0 Å². The van der Waals surface area contributed by atoms with E-state index in [2.05, 4.69) is 119 Å². The maximum atomic E-state index is 8.34. The molecule has 0 aromatic heterocycles. The molecule has 2 aliphatic carbocycles. The van der Waals surface area contributed by atoms with E-state index in [1.165, 1.54) is 64.5 Å². The molecule has 0 heterocycles. The predicted molar refractivity (Wildman–Crippen MR) is 167 cm³/mol. The fourth-order valence-electron chi connectivity index (χ4n) is 7.08. The Morgan fingerprint density at radius 1 is 0.789 bits per heavy atom. The fourth-order valence-corrected chi connectivity index (χ4v) is 35.1. The first kappa shape index (κ1) is 26.5. The molecule has 0 radical (unpaired) electrons. The standard InChI is InChI=1S/C19H19.C13H9.C2H7Si.2ClH.Zr/c1-4-15-11-16-8-6-10-18(19(16)12-15)17-9-5-7-13(2)14(17)3;1-3-7-12-10(5-1)9-11-6-2-4-8-13(11)12;1-3-2;;;/h5-12H,4H2,1-3H3;1-5,7-8H,9H2;3H,1-2H3;2*1H;/q;;;;;+2/p-2. The minimum atomic E-state index is -4.67. The van der Waals surface area contributed by atoms with Gasteiger partial charge in [-0.2, -0.15) is 0 Å². The van der Waals surface area contributed by atoms with Crippen LogP contribution in [0.4, 0.5) is 0 Å². The molecule has 0 bridgehead atoms. The van der Waals surface area contributed by atoms with E-state index in [4.69, 9.17) is 17.0 Å². The van der Waals surface area contributed by atoms with E-state index in [-0.39, 0.29) is 3.63 Å². The van der Waals surface area contributed by atoms with Crippen LogP contribution in [-0.4, -0.2) is 5.92 Å². The van der Waals surface area contributed by atoms with Crippen LogP contribution in [0.2, 0.25) is 13.1 Å². The molecule has 0 saturated heterocycles. The van der Waals surface area contributed by atoms with Crippen LogP contribution in [0, 0.1) is 13.8 Å². The van der Waals surface area contributed by atoms with Crippen molar-refractivity contribution >= 4 is 32.3 Å². The van der Waals surface area contributed by atoms with Crippen molar-refractivity contribution in [2.75, 3.05) is 0 Å². The average molecular weight is 634 g/mol. The molecule has 38 heavy (non-hydrogen) atoms. The van der Waals surface area contributed by atoms with E-state index < -0.39 is 21.5 Å². The third-order valence-corrected chi connectivity index (χ3v) is 59.4. The Balaban J connectivity index is 1.61. The number of aryl methyl sites for hydroxylation is 1. The van der Waals surface area contributed by atoms with Gasteiger partial charge in [0.2, 0.25) is 0 Å². The number of hydrogen-bond donors (Lipinski definition) is 0. The van der Waals surface area contributed by atoms with Crippen LogP contribution in [0.5, 0.6) is 0 Å². The van der Waals surface area contributed by atoms with Gasteiger partial charge in [0.25, 0.3) is 0 Å². The van der Waals surface area contributed by atoms with E-state index in [9.17, 15) is 0 Å². The first-order chi connectivity index (χ1) is 18.2. The number of rotatable bonds is 5. The quantitative estimate of drug-likeness (QED) is 0.169. The summed E-state index contributed by atoms with van der Waals surface area (Å²) in [6.07, 6.45) is 4.34. The zero-order valence-electron chi connectivity index (χ0n) is 22.9. The molecule has 0 aliphatic heterocycles. The zero-order chi connectivity index (χ0) is 26.8. The van der Waals surface area contributed by atoms with E-state index in [0.29, 0.717) is 0 Å². The van der Waals surface area contributed by atoms with Crippen LogP contribution in [0.1, 0.15) is 50.4 Å². The van der Waals surface area contributed by atoms with Gasteiger partial charge in [0.1, 0.15) is 0 Å². The summed E-state index contributed by atoms with van der Waals surface area (Å²) in [5.41, 5.74) is 14.8. The SMILES string of the molecule is CCC1=Cc2c(-c3cccc(C)c3C)cccc2[CH]1[Zr]([Cl])([Cl])([c]1cccc2c1Cc1ccccc1-2)[SiH](C)C. The van der Waals surface area contributed by atoms with Crippen molar-refractivity contribution in [2.24, 2.45) is 0 Å². The van der Waals surface area contributed by atoms with E-state index in [0.717, 1.165) is 12.8 Å². The number of fused-ring (bicyclic) bond motifs is 4. The fraction of sp³-hybridized carbons (Fsp3) is 0.235. The van der Waals surface area contributed by atoms with Crippen molar-refractivity contribution in [3.8, 4) is 22.3 Å². The van der Waals surface area contributed by atoms with Crippen molar-refractivity contribution in [3.05, 3.63) is 118 Å². The topological polar surface area (TPSA) is 0 Å². The van der Waals surface area contributed by atoms with Gasteiger partial charge in [-0.25, -0.2) is 0 Å². The Labute approximate surface area is 236 Å². The molecule has 0 N–H and O–H groups in total. The summed E-state index contributed by atoms with van der Waals surface area (Å²) in [6.45, 7) is 11.5. The van der Waals surface area contributed by atoms with Gasteiger partial charge in [-0.3, -0.25) is 0 Å². The number of allylic oxidation sites excluding steroid dienone is 1. The molecule has 1 unspecified atom stereocenters. The average Bonchev–Trinajstić information content (AvgIpc) is 3.49. The Bertz CT molecular complexity index is 1630. The summed E-state index contributed by atoms with van der Waals surface area (Å²) in [7, 11) is 16.7. The van der Waals surface area contributed by atoms with Crippen LogP contribution in [0.25, 0.3) is 28.3 Å². The van der Waals surface area contributed by atoms with Crippen molar-refractivity contribution in [3.63, 3.8) is 0 Å². The predicted octanol–water partition coefficient (Wildman–Crippen LogP) is 9.70. The summed E-state index contributed by atoms with van der Waals surface area (Å²) in [5, 5.41) is 0. The molecule has 0 fully saturated rings. The second-order valence-corrected chi connectivity index (χ2v) is 53.0. The normalized spacial score (nSPS) is 17.0. The zero-order valence-corrected chi connectivity index (χ0v) is 28.0. The van der Waals surface area contributed by atoms with Gasteiger partial charge >= 0.3 is 238 Å². The molecule has 193 valence electrons. The van der Waals surface area contributed by atoms with Gasteiger partial charge in [0.15, 0.2) is 0 Å². The molecule has 4 heteroatoms. The third-order valence-electron chi connectivity index (χ3n) is 9.41. The van der Waals surface area contributed by atoms with Crippen molar-refractivity contribution in [1.29, 1.82) is 0 Å². The summed E-state index contributed by atoms with van der Waals surface area (Å²) in [4.78, 5) is 0. The number of hydrogen-bond acceptors (Lipinski definition) is 0. The van der Waals surface area contributed by atoms with Crippen LogP contribution < -0.4 is 3.27 Å². The Hall–Kier alpha value is -1.70. The molecular weight excluding hydrogens is 599 g/mol. The van der Waals surface area contributed by atoms with Crippen LogP contribution >= 0.6 is 17.0 Å². The van der Waals surface area contributed by atoms with Crippen molar-refractivity contribution in [1.82, 2.24) is 0 Å². The monoisotopic (exact) mass is 631 g/mol. The van der Waals surface area contributed by atoms with Crippen LogP contribution in [-0.2, 0) is 22.0 Å². The van der Waals surface area contributed by atoms with Crippen LogP contribution in [0.3, 0.4) is 0 Å². The molecule has 0 spiro atoms. The Kier molecular flexibility index (Phi) is 6.59. The van der Waals surface area contributed by atoms with Crippen molar-refractivity contribution < 1.29 is 15.6 Å². The summed E-state index contributed by atoms with van der Waals surface area (Å²) < 4.78 is 1.44.